The van der Waals surface area contributed by atoms with Crippen LogP contribution >= 0.6 is 11.6 Å². The predicted molar refractivity (Wildman–Crippen MR) is 81.2 cm³/mol. The lowest BCUT2D eigenvalue weighted by molar-refractivity contribution is 1.04. The summed E-state index contributed by atoms with van der Waals surface area (Å²) in [5.74, 6) is 0.904. The number of rotatable bonds is 1. The number of hydrogen-bond acceptors (Lipinski definition) is 2. The first-order valence-corrected chi connectivity index (χ1v) is 6.69. The van der Waals surface area contributed by atoms with Crippen LogP contribution in [-0.2, 0) is 6.54 Å². The fourth-order valence-electron chi connectivity index (χ4n) is 2.36. The zero-order valence-electron chi connectivity index (χ0n) is 11.0. The third-order valence-corrected chi connectivity index (χ3v) is 3.70. The number of aliphatic imine (C=N–C) groups is 1. The molecule has 3 rings (SSSR count). The second-order valence-electron chi connectivity index (χ2n) is 4.86. The number of nitrogens with zero attached hydrogens (tertiary/aromatic N) is 1. The maximum Gasteiger partial charge on any atom is 0.133 e. The SMILES string of the molecule is Cc1ccc(Cl)cc1C1=NCc2cccc(C)c2N1. The molecule has 0 radical (unpaired) electrons. The molecule has 0 atom stereocenters. The number of hydrogen-bond donors (Lipinski definition) is 1. The molecule has 0 fully saturated rings. The summed E-state index contributed by atoms with van der Waals surface area (Å²) >= 11 is 6.08. The summed E-state index contributed by atoms with van der Waals surface area (Å²) in [6.07, 6.45) is 0. The molecule has 2 nitrogen and oxygen atoms in total. The van der Waals surface area contributed by atoms with E-state index in [9.17, 15) is 0 Å². The molecule has 0 aromatic heterocycles. The van der Waals surface area contributed by atoms with E-state index < -0.39 is 0 Å². The molecular formula is C16H15ClN2. The van der Waals surface area contributed by atoms with E-state index in [2.05, 4.69) is 42.4 Å². The Morgan fingerprint density at radius 2 is 1.95 bits per heavy atom. The summed E-state index contributed by atoms with van der Waals surface area (Å²) < 4.78 is 0. The summed E-state index contributed by atoms with van der Waals surface area (Å²) in [5.41, 5.74) is 5.90. The van der Waals surface area contributed by atoms with Crippen molar-refractivity contribution < 1.29 is 0 Å². The van der Waals surface area contributed by atoms with Crippen molar-refractivity contribution >= 4 is 23.1 Å². The molecule has 19 heavy (non-hydrogen) atoms. The summed E-state index contributed by atoms with van der Waals surface area (Å²) in [6, 6.07) is 12.2. The number of amidine groups is 1. The minimum Gasteiger partial charge on any atom is -0.340 e. The van der Waals surface area contributed by atoms with Crippen LogP contribution in [0.25, 0.3) is 0 Å². The molecule has 0 saturated heterocycles. The number of para-hydroxylation sites is 1. The standard InChI is InChI=1S/C16H15ClN2/c1-10-6-7-13(17)8-14(10)16-18-9-12-5-3-4-11(2)15(12)19-16/h3-8H,9H2,1-2H3,(H,18,19). The Labute approximate surface area is 118 Å². The first kappa shape index (κ1) is 12.2. The molecule has 0 amide bonds. The van der Waals surface area contributed by atoms with Gasteiger partial charge in [0, 0.05) is 16.3 Å². The van der Waals surface area contributed by atoms with E-state index in [4.69, 9.17) is 11.6 Å². The number of benzene rings is 2. The van der Waals surface area contributed by atoms with Crippen molar-refractivity contribution in [3.63, 3.8) is 0 Å². The monoisotopic (exact) mass is 270 g/mol. The molecule has 0 aliphatic carbocycles. The number of halogens is 1. The van der Waals surface area contributed by atoms with Crippen molar-refractivity contribution in [2.75, 3.05) is 5.32 Å². The third-order valence-electron chi connectivity index (χ3n) is 3.46. The van der Waals surface area contributed by atoms with E-state index in [0.717, 1.165) is 16.4 Å². The van der Waals surface area contributed by atoms with Gasteiger partial charge >= 0.3 is 0 Å². The van der Waals surface area contributed by atoms with E-state index in [1.54, 1.807) is 0 Å². The molecule has 2 aromatic carbocycles. The number of aryl methyl sites for hydroxylation is 2. The van der Waals surface area contributed by atoms with E-state index >= 15 is 0 Å². The van der Waals surface area contributed by atoms with Crippen molar-refractivity contribution in [2.45, 2.75) is 20.4 Å². The average Bonchev–Trinajstić information content (AvgIpc) is 2.42. The van der Waals surface area contributed by atoms with Gasteiger partial charge in [0.05, 0.1) is 6.54 Å². The van der Waals surface area contributed by atoms with Crippen LogP contribution in [0.3, 0.4) is 0 Å². The Hall–Kier alpha value is -1.80. The molecule has 1 aliphatic heterocycles. The van der Waals surface area contributed by atoms with Gasteiger partial charge in [-0.3, -0.25) is 4.99 Å². The van der Waals surface area contributed by atoms with Gasteiger partial charge in [0.1, 0.15) is 5.84 Å². The van der Waals surface area contributed by atoms with E-state index in [1.807, 2.05) is 18.2 Å². The van der Waals surface area contributed by atoms with E-state index in [0.29, 0.717) is 6.54 Å². The van der Waals surface area contributed by atoms with Crippen LogP contribution in [0.4, 0.5) is 5.69 Å². The van der Waals surface area contributed by atoms with Crippen molar-refractivity contribution in [1.29, 1.82) is 0 Å². The molecule has 1 heterocycles. The largest absolute Gasteiger partial charge is 0.340 e. The van der Waals surface area contributed by atoms with Crippen molar-refractivity contribution in [1.82, 2.24) is 0 Å². The van der Waals surface area contributed by atoms with Crippen LogP contribution < -0.4 is 5.32 Å². The second-order valence-corrected chi connectivity index (χ2v) is 5.29. The number of anilines is 1. The minimum absolute atomic E-state index is 0.714. The number of nitrogens with one attached hydrogen (secondary N) is 1. The minimum atomic E-state index is 0.714. The summed E-state index contributed by atoms with van der Waals surface area (Å²) in [5, 5.41) is 4.18. The Morgan fingerprint density at radius 1 is 1.11 bits per heavy atom. The van der Waals surface area contributed by atoms with Gasteiger partial charge in [0.2, 0.25) is 0 Å². The van der Waals surface area contributed by atoms with E-state index in [-0.39, 0.29) is 0 Å². The van der Waals surface area contributed by atoms with E-state index in [1.165, 1.54) is 22.4 Å². The van der Waals surface area contributed by atoms with Gasteiger partial charge in [0.25, 0.3) is 0 Å². The van der Waals surface area contributed by atoms with Gasteiger partial charge in [-0.25, -0.2) is 0 Å². The van der Waals surface area contributed by atoms with Crippen molar-refractivity contribution in [3.05, 3.63) is 63.7 Å². The fourth-order valence-corrected chi connectivity index (χ4v) is 2.54. The Morgan fingerprint density at radius 3 is 2.79 bits per heavy atom. The lowest BCUT2D eigenvalue weighted by Gasteiger charge is -2.21. The Bertz CT molecular complexity index is 674. The van der Waals surface area contributed by atoms with Crippen LogP contribution in [0, 0.1) is 13.8 Å². The summed E-state index contributed by atoms with van der Waals surface area (Å²) in [7, 11) is 0. The average molecular weight is 271 g/mol. The molecule has 3 heteroatoms. The number of fused-ring (bicyclic) bond motifs is 1. The zero-order valence-corrected chi connectivity index (χ0v) is 11.8. The van der Waals surface area contributed by atoms with Gasteiger partial charge in [-0.15, -0.1) is 0 Å². The van der Waals surface area contributed by atoms with Gasteiger partial charge in [-0.05, 0) is 42.7 Å². The lowest BCUT2D eigenvalue weighted by Crippen LogP contribution is -2.20. The highest BCUT2D eigenvalue weighted by molar-refractivity contribution is 6.31. The molecule has 1 N–H and O–H groups in total. The first-order valence-electron chi connectivity index (χ1n) is 6.31. The van der Waals surface area contributed by atoms with Gasteiger partial charge in [0.15, 0.2) is 0 Å². The van der Waals surface area contributed by atoms with Gasteiger partial charge in [-0.2, -0.15) is 0 Å². The quantitative estimate of drug-likeness (QED) is 0.819. The van der Waals surface area contributed by atoms with Crippen LogP contribution in [0.2, 0.25) is 5.02 Å². The Balaban J connectivity index is 2.03. The maximum atomic E-state index is 6.08. The maximum absolute atomic E-state index is 6.08. The second kappa shape index (κ2) is 4.71. The zero-order chi connectivity index (χ0) is 13.4. The molecule has 0 unspecified atom stereocenters. The summed E-state index contributed by atoms with van der Waals surface area (Å²) in [4.78, 5) is 4.63. The topological polar surface area (TPSA) is 24.4 Å². The van der Waals surface area contributed by atoms with Gasteiger partial charge in [-0.1, -0.05) is 35.9 Å². The third kappa shape index (κ3) is 2.24. The first-order chi connectivity index (χ1) is 9.15. The van der Waals surface area contributed by atoms with Crippen LogP contribution in [0.1, 0.15) is 22.3 Å². The molecule has 2 aromatic rings. The molecule has 96 valence electrons. The van der Waals surface area contributed by atoms with Crippen LogP contribution in [0.15, 0.2) is 41.4 Å². The van der Waals surface area contributed by atoms with Crippen molar-refractivity contribution in [2.24, 2.45) is 4.99 Å². The molecular weight excluding hydrogens is 256 g/mol. The van der Waals surface area contributed by atoms with Crippen LogP contribution in [0.5, 0.6) is 0 Å². The van der Waals surface area contributed by atoms with Crippen LogP contribution in [-0.4, -0.2) is 5.84 Å². The normalized spacial score (nSPS) is 13.5. The predicted octanol–water partition coefficient (Wildman–Crippen LogP) is 4.33. The molecule has 0 bridgehead atoms. The highest BCUT2D eigenvalue weighted by Gasteiger charge is 2.16. The Kier molecular flexibility index (Phi) is 3.03. The lowest BCUT2D eigenvalue weighted by atomic mass is 10.0. The highest BCUT2D eigenvalue weighted by atomic mass is 35.5. The molecule has 1 aliphatic rings. The van der Waals surface area contributed by atoms with Crippen molar-refractivity contribution in [3.8, 4) is 0 Å². The molecule has 0 saturated carbocycles. The summed E-state index contributed by atoms with van der Waals surface area (Å²) in [6.45, 7) is 4.90. The fraction of sp³-hybridized carbons (Fsp3) is 0.188. The smallest absolute Gasteiger partial charge is 0.133 e. The molecule has 0 spiro atoms. The van der Waals surface area contributed by atoms with Gasteiger partial charge < -0.3 is 5.32 Å². The highest BCUT2D eigenvalue weighted by Crippen LogP contribution is 2.27.